The van der Waals surface area contributed by atoms with E-state index in [-0.39, 0.29) is 30.2 Å². The number of hydrogen-bond acceptors (Lipinski definition) is 4. The number of para-hydroxylation sites is 1. The Morgan fingerprint density at radius 2 is 1.90 bits per heavy atom. The van der Waals surface area contributed by atoms with Crippen molar-refractivity contribution in [3.63, 3.8) is 0 Å². The van der Waals surface area contributed by atoms with Gasteiger partial charge >= 0.3 is 0 Å². The first kappa shape index (κ1) is 20.3. The molecule has 0 spiro atoms. The second kappa shape index (κ2) is 8.83. The first-order valence-corrected chi connectivity index (χ1v) is 9.78. The number of benzene rings is 2. The molecule has 1 N–H and O–H groups in total. The lowest BCUT2D eigenvalue weighted by atomic mass is 10.1. The number of aryl methyl sites for hydroxylation is 1. The molecule has 0 atom stereocenters. The second-order valence-electron chi connectivity index (χ2n) is 7.00. The number of aromatic nitrogens is 3. The predicted molar refractivity (Wildman–Crippen MR) is 114 cm³/mol. The molecule has 4 aromatic rings. The van der Waals surface area contributed by atoms with Crippen LogP contribution in [0, 0.1) is 5.82 Å². The van der Waals surface area contributed by atoms with E-state index in [0.29, 0.717) is 29.1 Å². The van der Waals surface area contributed by atoms with Gasteiger partial charge in [0.2, 0.25) is 5.91 Å². The van der Waals surface area contributed by atoms with Gasteiger partial charge in [-0.3, -0.25) is 9.59 Å². The molecule has 0 aliphatic rings. The third-order valence-corrected chi connectivity index (χ3v) is 4.99. The van der Waals surface area contributed by atoms with E-state index in [0.717, 1.165) is 5.56 Å². The quantitative estimate of drug-likeness (QED) is 0.499. The molecule has 0 saturated heterocycles. The van der Waals surface area contributed by atoms with Crippen molar-refractivity contribution in [1.29, 1.82) is 0 Å². The van der Waals surface area contributed by atoms with Crippen molar-refractivity contribution in [2.75, 3.05) is 7.11 Å². The zero-order chi connectivity index (χ0) is 21.8. The highest BCUT2D eigenvalue weighted by molar-refractivity contribution is 5.76. The van der Waals surface area contributed by atoms with Crippen LogP contribution in [0.2, 0.25) is 0 Å². The summed E-state index contributed by atoms with van der Waals surface area (Å²) in [5.41, 5.74) is 2.30. The maximum atomic E-state index is 13.1. The third kappa shape index (κ3) is 4.48. The molecule has 31 heavy (non-hydrogen) atoms. The van der Waals surface area contributed by atoms with Crippen molar-refractivity contribution in [3.8, 4) is 17.0 Å². The van der Waals surface area contributed by atoms with E-state index in [9.17, 15) is 14.0 Å². The summed E-state index contributed by atoms with van der Waals surface area (Å²) in [5.74, 6) is 0.208. The molecule has 7 nitrogen and oxygen atoms in total. The second-order valence-corrected chi connectivity index (χ2v) is 7.00. The normalized spacial score (nSPS) is 10.9. The standard InChI is InChI=1S/C23H21FN4O3/c1-31-21-5-3-2-4-17(21)15-25-22(29)10-11-27-12-13-28-20(23(27)30)14-19(26-28)16-6-8-18(24)9-7-16/h2-9,12-14H,10-11,15H2,1H3,(H,25,29). The molecule has 0 bridgehead atoms. The summed E-state index contributed by atoms with van der Waals surface area (Å²) in [6.45, 7) is 0.588. The van der Waals surface area contributed by atoms with Crippen LogP contribution in [0.3, 0.4) is 0 Å². The minimum Gasteiger partial charge on any atom is -0.496 e. The lowest BCUT2D eigenvalue weighted by molar-refractivity contribution is -0.121. The number of nitrogens with one attached hydrogen (secondary N) is 1. The fourth-order valence-electron chi connectivity index (χ4n) is 3.32. The third-order valence-electron chi connectivity index (χ3n) is 4.99. The van der Waals surface area contributed by atoms with Crippen LogP contribution in [0.4, 0.5) is 4.39 Å². The van der Waals surface area contributed by atoms with Gasteiger partial charge in [0.1, 0.15) is 17.1 Å². The van der Waals surface area contributed by atoms with E-state index in [1.807, 2.05) is 24.3 Å². The lowest BCUT2D eigenvalue weighted by Crippen LogP contribution is -2.27. The van der Waals surface area contributed by atoms with Gasteiger partial charge < -0.3 is 14.6 Å². The minimum absolute atomic E-state index is 0.157. The number of carbonyl (C=O) groups is 1. The SMILES string of the molecule is COc1ccccc1CNC(=O)CCn1ccn2nc(-c3ccc(F)cc3)cc2c1=O. The molecule has 0 fully saturated rings. The summed E-state index contributed by atoms with van der Waals surface area (Å²) < 4.78 is 21.4. The van der Waals surface area contributed by atoms with Crippen LogP contribution in [0.15, 0.2) is 71.8 Å². The van der Waals surface area contributed by atoms with Gasteiger partial charge in [-0.05, 0) is 36.4 Å². The Hall–Kier alpha value is -3.94. The number of ether oxygens (including phenoxy) is 1. The van der Waals surface area contributed by atoms with Crippen LogP contribution < -0.4 is 15.6 Å². The van der Waals surface area contributed by atoms with Crippen molar-refractivity contribution < 1.29 is 13.9 Å². The van der Waals surface area contributed by atoms with Gasteiger partial charge in [0.15, 0.2) is 0 Å². The maximum Gasteiger partial charge on any atom is 0.276 e. The lowest BCUT2D eigenvalue weighted by Gasteiger charge is -2.10. The highest BCUT2D eigenvalue weighted by atomic mass is 19.1. The van der Waals surface area contributed by atoms with E-state index < -0.39 is 0 Å². The Labute approximate surface area is 177 Å². The average molecular weight is 420 g/mol. The van der Waals surface area contributed by atoms with Gasteiger partial charge in [-0.15, -0.1) is 0 Å². The molecule has 0 radical (unpaired) electrons. The molecule has 158 valence electrons. The number of rotatable bonds is 7. The number of amides is 1. The van der Waals surface area contributed by atoms with Crippen LogP contribution in [0.5, 0.6) is 5.75 Å². The van der Waals surface area contributed by atoms with Gasteiger partial charge in [0, 0.05) is 43.0 Å². The molecule has 1 amide bonds. The number of methoxy groups -OCH3 is 1. The highest BCUT2D eigenvalue weighted by Gasteiger charge is 2.11. The smallest absolute Gasteiger partial charge is 0.276 e. The molecule has 2 aromatic heterocycles. The number of halogens is 1. The topological polar surface area (TPSA) is 77.6 Å². The summed E-state index contributed by atoms with van der Waals surface area (Å²) in [6, 6.07) is 15.0. The van der Waals surface area contributed by atoms with E-state index in [4.69, 9.17) is 4.74 Å². The van der Waals surface area contributed by atoms with E-state index >= 15 is 0 Å². The Balaban J connectivity index is 1.43. The molecule has 0 aliphatic carbocycles. The highest BCUT2D eigenvalue weighted by Crippen LogP contribution is 2.19. The van der Waals surface area contributed by atoms with Crippen LogP contribution in [-0.4, -0.2) is 27.2 Å². The molecule has 0 unspecified atom stereocenters. The Bertz CT molecular complexity index is 1280. The molecule has 0 aliphatic heterocycles. The van der Waals surface area contributed by atoms with Crippen LogP contribution in [0.1, 0.15) is 12.0 Å². The summed E-state index contributed by atoms with van der Waals surface area (Å²) >= 11 is 0. The van der Waals surface area contributed by atoms with E-state index in [1.54, 1.807) is 37.7 Å². The molecular weight excluding hydrogens is 399 g/mol. The maximum absolute atomic E-state index is 13.1. The summed E-state index contributed by atoms with van der Waals surface area (Å²) in [7, 11) is 1.58. The van der Waals surface area contributed by atoms with Crippen molar-refractivity contribution in [3.05, 3.63) is 88.7 Å². The fraction of sp³-hybridized carbons (Fsp3) is 0.174. The van der Waals surface area contributed by atoms with Crippen molar-refractivity contribution in [2.45, 2.75) is 19.5 Å². The summed E-state index contributed by atoms with van der Waals surface area (Å²) in [6.07, 6.45) is 3.42. The zero-order valence-electron chi connectivity index (χ0n) is 16.9. The number of hydrogen-bond donors (Lipinski definition) is 1. The molecule has 0 saturated carbocycles. The largest absolute Gasteiger partial charge is 0.496 e. The average Bonchev–Trinajstić information content (AvgIpc) is 3.23. The zero-order valence-corrected chi connectivity index (χ0v) is 16.9. The van der Waals surface area contributed by atoms with Gasteiger partial charge in [0.25, 0.3) is 5.56 Å². The molecule has 2 aromatic carbocycles. The van der Waals surface area contributed by atoms with Gasteiger partial charge in [-0.1, -0.05) is 18.2 Å². The Morgan fingerprint density at radius 3 is 2.68 bits per heavy atom. The first-order chi connectivity index (χ1) is 15.0. The first-order valence-electron chi connectivity index (χ1n) is 9.78. The summed E-state index contributed by atoms with van der Waals surface area (Å²) in [5, 5.41) is 7.23. The van der Waals surface area contributed by atoms with Gasteiger partial charge in [0.05, 0.1) is 12.8 Å². The van der Waals surface area contributed by atoms with Crippen molar-refractivity contribution in [2.24, 2.45) is 0 Å². The van der Waals surface area contributed by atoms with Crippen LogP contribution >= 0.6 is 0 Å². The van der Waals surface area contributed by atoms with Crippen LogP contribution in [0.25, 0.3) is 16.8 Å². The molecule has 8 heteroatoms. The molecular formula is C23H21FN4O3. The molecule has 2 heterocycles. The van der Waals surface area contributed by atoms with E-state index in [1.165, 1.54) is 21.2 Å². The number of nitrogens with zero attached hydrogens (tertiary/aromatic N) is 3. The fourth-order valence-corrected chi connectivity index (χ4v) is 3.32. The monoisotopic (exact) mass is 420 g/mol. The van der Waals surface area contributed by atoms with Gasteiger partial charge in [-0.2, -0.15) is 5.10 Å². The van der Waals surface area contributed by atoms with Crippen molar-refractivity contribution >= 4 is 11.4 Å². The summed E-state index contributed by atoms with van der Waals surface area (Å²) in [4.78, 5) is 25.1. The van der Waals surface area contributed by atoms with Crippen LogP contribution in [-0.2, 0) is 17.9 Å². The predicted octanol–water partition coefficient (Wildman–Crippen LogP) is 3.02. The van der Waals surface area contributed by atoms with E-state index in [2.05, 4.69) is 10.4 Å². The number of carbonyl (C=O) groups excluding carboxylic acids is 1. The van der Waals surface area contributed by atoms with Crippen molar-refractivity contribution in [1.82, 2.24) is 19.5 Å². The Morgan fingerprint density at radius 1 is 1.13 bits per heavy atom. The van der Waals surface area contributed by atoms with Gasteiger partial charge in [-0.25, -0.2) is 8.91 Å². The minimum atomic E-state index is -0.334. The number of fused-ring (bicyclic) bond motifs is 1. The molecule has 4 rings (SSSR count). The Kier molecular flexibility index (Phi) is 5.79.